The summed E-state index contributed by atoms with van der Waals surface area (Å²) in [6, 6.07) is 36.7. The molecule has 26 heteroatoms. The first-order valence-electron chi connectivity index (χ1n) is 31.8. The number of likely N-dealkylation sites (N-methyl/N-ethyl adjacent to an activating group) is 3. The number of ether oxygens (including phenoxy) is 5. The molecule has 0 saturated carbocycles. The van der Waals surface area contributed by atoms with E-state index < -0.39 is 73.4 Å². The van der Waals surface area contributed by atoms with E-state index in [4.69, 9.17) is 83.4 Å². The van der Waals surface area contributed by atoms with Crippen LogP contribution in [-0.4, -0.2) is 173 Å². The highest BCUT2D eigenvalue weighted by Gasteiger charge is 2.49. The fraction of sp³-hybridized carbons (Fsp3) is 0.457. The summed E-state index contributed by atoms with van der Waals surface area (Å²) in [5.74, 6) is 2.54. The van der Waals surface area contributed by atoms with Gasteiger partial charge in [0.05, 0.1) is 66.6 Å². The van der Waals surface area contributed by atoms with Gasteiger partial charge in [0, 0.05) is 46.1 Å². The lowest BCUT2D eigenvalue weighted by Crippen LogP contribution is -2.59. The second-order valence-electron chi connectivity index (χ2n) is 27.1. The number of para-hydroxylation sites is 2. The molecule has 0 bridgehead atoms. The van der Waals surface area contributed by atoms with Gasteiger partial charge in [-0.25, -0.2) is 4.79 Å². The first kappa shape index (κ1) is 79.0. The quantitative estimate of drug-likeness (QED) is 0.0456. The topological polar surface area (TPSA) is 199 Å². The zero-order chi connectivity index (χ0) is 70.6. The Balaban J connectivity index is 0.000000178. The summed E-state index contributed by atoms with van der Waals surface area (Å²) in [5.41, 5.74) is 8.50. The zero-order valence-electron chi connectivity index (χ0n) is 56.7. The molecule has 2 saturated heterocycles. The Hall–Kier alpha value is -4.29. The molecule has 0 radical (unpaired) electrons. The molecule has 0 aliphatic carbocycles. The Bertz CT molecular complexity index is 3590. The Labute approximate surface area is 605 Å². The first-order chi connectivity index (χ1) is 45.1. The van der Waals surface area contributed by atoms with E-state index in [1.807, 2.05) is 61.6 Å². The molecule has 9 atom stereocenters. The van der Waals surface area contributed by atoms with Crippen molar-refractivity contribution in [3.8, 4) is 17.2 Å². The molecular formula is C70H91Br2Cl4N3O14Si3. The van der Waals surface area contributed by atoms with Gasteiger partial charge in [0.15, 0.2) is 31.1 Å². The Morgan fingerprint density at radius 2 is 1.07 bits per heavy atom. The molecule has 0 amide bonds. The third-order valence-corrected chi connectivity index (χ3v) is 21.2. The third kappa shape index (κ3) is 22.9. The molecule has 11 rings (SSSR count). The van der Waals surface area contributed by atoms with Gasteiger partial charge in [-0.3, -0.25) is 4.79 Å². The molecule has 96 heavy (non-hydrogen) atoms. The maximum Gasteiger partial charge on any atom is 0.337 e. The monoisotopic (exact) mass is 1580 g/mol. The van der Waals surface area contributed by atoms with Crippen LogP contribution in [0.15, 0.2) is 124 Å². The number of anilines is 3. The highest BCUT2D eigenvalue weighted by Crippen LogP contribution is 2.39. The standard InChI is InChI=1S/C22H26ClNO6.C16H15BrClNO.C16H36O5Si3.C9H11NO.C7H3BrCl2O/c1-24-6-7-29-17-9-12(2-5-16(17)24)8-14-10-13(3-4-15(14)23)22-21(28)20(27)19(26)18(11-25)30-22;1-19-6-7-20-16-9-11(2-5-15(16)19)8-12-10-13(17)3-4-14(12)18;1-12-13(11-18-22(2,3)4)19-16(17)15(21-24(8,9)10)14(12)20-23(5,6)7;1-10-6-7-11-9-5-3-2-4-8(9)10;8-4-1-2-6(9)5(3-4)7(10)11/h2-5,9-10,18-22,25-28H,6-8,11H2,1H3;2-5,9-10H,6-8H2,1H3;12-15H,11H2,1-10H3;2-5H,6-7H2,1H3;1-3H/t18-,19-,20+,21-,22+;;12-,13-,14+,15-;;/m1.1../s1. The number of carbonyl (C=O) groups excluding carboxylic acids is 2. The number of esters is 1. The van der Waals surface area contributed by atoms with Crippen molar-refractivity contribution >= 4 is 131 Å². The number of halogens is 6. The zero-order valence-corrected chi connectivity index (χ0v) is 65.9. The summed E-state index contributed by atoms with van der Waals surface area (Å²) in [5, 5.41) is 41.1. The summed E-state index contributed by atoms with van der Waals surface area (Å²) in [7, 11) is 0.819. The molecule has 2 fully saturated rings. The molecule has 17 nitrogen and oxygen atoms in total. The minimum absolute atomic E-state index is 0.0483. The SMILES string of the molecule is CN1CCOc2cc(Cc3cc(Br)ccc3Cl)ccc21.CN1CCOc2cc(Cc3cc([C@@H]4O[C@H](CO)[C@@H](O)[C@H](O)[C@H]4O)ccc3Cl)ccc21.CN1CCOc2ccccc21.C[C@H]1[C@H](O[Si](C)(C)C)[C@@H](O[Si](C)(C)C)C(=O)O[C@@H]1CO[Si](C)(C)C.O=C(Cl)c1cc(Br)ccc1Cl. The molecule has 6 aromatic rings. The van der Waals surface area contributed by atoms with Crippen LogP contribution in [0.5, 0.6) is 17.2 Å². The minimum atomic E-state index is -1.89. The van der Waals surface area contributed by atoms with Gasteiger partial charge in [-0.1, -0.05) is 110 Å². The molecule has 5 heterocycles. The minimum Gasteiger partial charge on any atom is -0.490 e. The van der Waals surface area contributed by atoms with E-state index in [1.165, 1.54) is 11.3 Å². The van der Waals surface area contributed by atoms with E-state index >= 15 is 0 Å². The fourth-order valence-corrected chi connectivity index (χ4v) is 15.3. The lowest BCUT2D eigenvalue weighted by Gasteiger charge is -2.44. The predicted molar refractivity (Wildman–Crippen MR) is 399 cm³/mol. The molecule has 524 valence electrons. The van der Waals surface area contributed by atoms with Crippen molar-refractivity contribution in [3.63, 3.8) is 0 Å². The van der Waals surface area contributed by atoms with Gasteiger partial charge in [-0.2, -0.15) is 0 Å². The van der Waals surface area contributed by atoms with Gasteiger partial charge < -0.3 is 72.1 Å². The molecule has 0 aromatic heterocycles. The number of rotatable bonds is 14. The molecular weight excluding hydrogens is 1490 g/mol. The smallest absolute Gasteiger partial charge is 0.337 e. The highest BCUT2D eigenvalue weighted by atomic mass is 79.9. The number of carbonyl (C=O) groups is 2. The number of hydrogen-bond donors (Lipinski definition) is 4. The van der Waals surface area contributed by atoms with Gasteiger partial charge in [0.25, 0.3) is 5.24 Å². The third-order valence-electron chi connectivity index (χ3n) is 16.0. The molecule has 5 aliphatic rings. The summed E-state index contributed by atoms with van der Waals surface area (Å²) >= 11 is 30.3. The number of aliphatic hydroxyl groups is 4. The predicted octanol–water partition coefficient (Wildman–Crippen LogP) is 14.6. The van der Waals surface area contributed by atoms with E-state index in [0.29, 0.717) is 40.8 Å². The number of hydrogen-bond acceptors (Lipinski definition) is 17. The van der Waals surface area contributed by atoms with Crippen molar-refractivity contribution in [3.05, 3.63) is 173 Å². The molecule has 4 N–H and O–H groups in total. The molecule has 6 aromatic carbocycles. The molecule has 0 spiro atoms. The average Bonchev–Trinajstić information content (AvgIpc) is 0.805. The summed E-state index contributed by atoms with van der Waals surface area (Å²) in [4.78, 5) is 29.9. The van der Waals surface area contributed by atoms with Crippen molar-refractivity contribution in [1.29, 1.82) is 0 Å². The van der Waals surface area contributed by atoms with E-state index in [0.717, 1.165) is 98.6 Å². The van der Waals surface area contributed by atoms with Crippen molar-refractivity contribution in [2.75, 3.05) is 88.5 Å². The van der Waals surface area contributed by atoms with E-state index in [2.05, 4.69) is 157 Å². The Morgan fingerprint density at radius 1 is 0.583 bits per heavy atom. The van der Waals surface area contributed by atoms with Crippen molar-refractivity contribution in [2.45, 2.75) is 128 Å². The van der Waals surface area contributed by atoms with Crippen LogP contribution in [0.1, 0.15) is 51.2 Å². The van der Waals surface area contributed by atoms with Gasteiger partial charge in [-0.15, -0.1) is 0 Å². The molecule has 0 unspecified atom stereocenters. The second-order valence-corrected chi connectivity index (χ2v) is 43.9. The van der Waals surface area contributed by atoms with E-state index in [-0.39, 0.29) is 24.1 Å². The average molecular weight is 1580 g/mol. The van der Waals surface area contributed by atoms with Gasteiger partial charge >= 0.3 is 5.97 Å². The lowest BCUT2D eigenvalue weighted by molar-refractivity contribution is -0.231. The van der Waals surface area contributed by atoms with Crippen LogP contribution in [0.3, 0.4) is 0 Å². The largest absolute Gasteiger partial charge is 0.490 e. The van der Waals surface area contributed by atoms with E-state index in [1.54, 1.807) is 30.3 Å². The van der Waals surface area contributed by atoms with Crippen molar-refractivity contribution in [2.24, 2.45) is 5.92 Å². The summed E-state index contributed by atoms with van der Waals surface area (Å²) < 4.78 is 48.7. The first-order valence-corrected chi connectivity index (χ1v) is 45.2. The van der Waals surface area contributed by atoms with Crippen LogP contribution in [0.4, 0.5) is 17.1 Å². The van der Waals surface area contributed by atoms with Crippen LogP contribution in [0, 0.1) is 5.92 Å². The number of aliphatic hydroxyl groups excluding tert-OH is 4. The van der Waals surface area contributed by atoms with Gasteiger partial charge in [0.2, 0.25) is 0 Å². The van der Waals surface area contributed by atoms with Gasteiger partial charge in [-0.05, 0) is 190 Å². The Kier molecular flexibility index (Phi) is 29.1. The van der Waals surface area contributed by atoms with Gasteiger partial charge in [0.1, 0.15) is 73.7 Å². The van der Waals surface area contributed by atoms with Crippen LogP contribution in [0.25, 0.3) is 0 Å². The maximum absolute atomic E-state index is 12.6. The van der Waals surface area contributed by atoms with E-state index in [9.17, 15) is 30.0 Å². The molecule has 5 aliphatic heterocycles. The Morgan fingerprint density at radius 3 is 1.57 bits per heavy atom. The van der Waals surface area contributed by atoms with Crippen LogP contribution >= 0.6 is 78.3 Å². The normalized spacial score (nSPS) is 22.1. The van der Waals surface area contributed by atoms with Crippen LogP contribution < -0.4 is 28.9 Å². The van der Waals surface area contributed by atoms with Crippen molar-refractivity contribution < 1.29 is 67.0 Å². The van der Waals surface area contributed by atoms with Crippen molar-refractivity contribution in [1.82, 2.24) is 0 Å². The van der Waals surface area contributed by atoms with Crippen LogP contribution in [-0.2, 0) is 40.4 Å². The van der Waals surface area contributed by atoms with Crippen LogP contribution in [0.2, 0.25) is 74.0 Å². The lowest BCUT2D eigenvalue weighted by atomic mass is 9.90. The number of nitrogens with zero attached hydrogens (tertiary/aromatic N) is 3. The maximum atomic E-state index is 12.6. The summed E-state index contributed by atoms with van der Waals surface area (Å²) in [6.45, 7) is 26.1. The summed E-state index contributed by atoms with van der Waals surface area (Å²) in [6.07, 6.45) is -5.79. The number of cyclic esters (lactones) is 1. The fourth-order valence-electron chi connectivity index (χ4n) is 10.9. The highest BCUT2D eigenvalue weighted by molar-refractivity contribution is 9.10. The number of fused-ring (bicyclic) bond motifs is 3. The number of benzene rings is 6. The second kappa shape index (κ2) is 35.3.